The largest absolute Gasteiger partial charge is 0.357 e. The molecule has 0 spiro atoms. The van der Waals surface area contributed by atoms with Gasteiger partial charge >= 0.3 is 0 Å². The molecule has 0 aliphatic carbocycles. The molecule has 0 aliphatic rings. The number of guanidine groups is 1. The second kappa shape index (κ2) is 11.2. The summed E-state index contributed by atoms with van der Waals surface area (Å²) in [5.74, 6) is 1.34. The lowest BCUT2D eigenvalue weighted by Crippen LogP contribution is -2.40. The Hall–Kier alpha value is -0.420. The molecule has 0 fully saturated rings. The van der Waals surface area contributed by atoms with Crippen LogP contribution in [0.25, 0.3) is 0 Å². The number of nitrogens with one attached hydrogen (secondary N) is 2. The maximum atomic E-state index is 12.0. The van der Waals surface area contributed by atoms with E-state index in [1.807, 2.05) is 52.1 Å². The van der Waals surface area contributed by atoms with Crippen LogP contribution in [0.15, 0.2) is 10.4 Å². The standard InChI is InChI=1S/C15H29N5OS2.HI/c1-7-16-13(17-8-9-23(21)15(2,3)4)18-10-12-11-22-14(19-12)20(5)6;/h11H,7-10H2,1-6H3,(H2,16,17,18);1H. The highest BCUT2D eigenvalue weighted by atomic mass is 127. The van der Waals surface area contributed by atoms with Crippen LogP contribution in [-0.2, 0) is 17.3 Å². The first kappa shape index (κ1) is 23.6. The molecule has 1 aromatic heterocycles. The van der Waals surface area contributed by atoms with Crippen molar-refractivity contribution in [3.05, 3.63) is 11.1 Å². The Bertz CT molecular complexity index is 540. The quantitative estimate of drug-likeness (QED) is 0.351. The van der Waals surface area contributed by atoms with Crippen LogP contribution in [0.1, 0.15) is 33.4 Å². The fourth-order valence-corrected chi connectivity index (χ4v) is 3.29. The third-order valence-electron chi connectivity index (χ3n) is 2.93. The van der Waals surface area contributed by atoms with Crippen LogP contribution in [0.2, 0.25) is 0 Å². The van der Waals surface area contributed by atoms with Crippen molar-refractivity contribution in [2.45, 2.75) is 39.0 Å². The third kappa shape index (κ3) is 8.61. The van der Waals surface area contributed by atoms with Gasteiger partial charge < -0.3 is 15.5 Å². The van der Waals surface area contributed by atoms with Crippen LogP contribution in [0.5, 0.6) is 0 Å². The number of thiazole rings is 1. The predicted molar refractivity (Wildman–Crippen MR) is 117 cm³/mol. The van der Waals surface area contributed by atoms with E-state index >= 15 is 0 Å². The second-order valence-electron chi connectivity index (χ2n) is 6.30. The molecular formula is C15H30IN5OS2. The van der Waals surface area contributed by atoms with Crippen molar-refractivity contribution < 1.29 is 4.21 Å². The zero-order valence-corrected chi connectivity index (χ0v) is 19.3. The van der Waals surface area contributed by atoms with Gasteiger partial charge in [0.1, 0.15) is 0 Å². The summed E-state index contributed by atoms with van der Waals surface area (Å²) in [6, 6.07) is 0. The summed E-state index contributed by atoms with van der Waals surface area (Å²) in [4.78, 5) is 11.0. The number of halogens is 1. The molecule has 0 bridgehead atoms. The Kier molecular flexibility index (Phi) is 11.0. The van der Waals surface area contributed by atoms with E-state index in [1.54, 1.807) is 11.3 Å². The monoisotopic (exact) mass is 487 g/mol. The maximum Gasteiger partial charge on any atom is 0.191 e. The fourth-order valence-electron chi connectivity index (χ4n) is 1.64. The summed E-state index contributed by atoms with van der Waals surface area (Å²) < 4.78 is 11.9. The van der Waals surface area contributed by atoms with Gasteiger partial charge in [-0.25, -0.2) is 9.98 Å². The molecule has 0 radical (unpaired) electrons. The maximum absolute atomic E-state index is 12.0. The molecule has 0 saturated carbocycles. The number of hydrogen-bond donors (Lipinski definition) is 2. The van der Waals surface area contributed by atoms with Gasteiger partial charge in [-0.1, -0.05) is 0 Å². The lowest BCUT2D eigenvalue weighted by molar-refractivity contribution is 0.647. The van der Waals surface area contributed by atoms with Crippen LogP contribution in [0.3, 0.4) is 0 Å². The molecule has 0 aromatic carbocycles. The smallest absolute Gasteiger partial charge is 0.191 e. The number of rotatable bonds is 7. The average Bonchev–Trinajstić information content (AvgIpc) is 2.92. The van der Waals surface area contributed by atoms with E-state index in [0.29, 0.717) is 18.8 Å². The van der Waals surface area contributed by atoms with Crippen molar-refractivity contribution in [3.63, 3.8) is 0 Å². The Morgan fingerprint density at radius 2 is 2.04 bits per heavy atom. The van der Waals surface area contributed by atoms with E-state index in [4.69, 9.17) is 0 Å². The molecule has 0 saturated heterocycles. The molecule has 6 nitrogen and oxygen atoms in total. The minimum Gasteiger partial charge on any atom is -0.357 e. The normalized spacial score (nSPS) is 13.2. The summed E-state index contributed by atoms with van der Waals surface area (Å²) in [6.07, 6.45) is 0. The van der Waals surface area contributed by atoms with E-state index < -0.39 is 10.8 Å². The Morgan fingerprint density at radius 1 is 1.38 bits per heavy atom. The Morgan fingerprint density at radius 3 is 2.54 bits per heavy atom. The minimum atomic E-state index is -0.861. The first-order valence-electron chi connectivity index (χ1n) is 7.76. The van der Waals surface area contributed by atoms with Crippen molar-refractivity contribution in [2.75, 3.05) is 37.8 Å². The number of hydrogen-bond acceptors (Lipinski definition) is 5. The van der Waals surface area contributed by atoms with E-state index in [0.717, 1.165) is 23.3 Å². The van der Waals surface area contributed by atoms with Crippen LogP contribution in [0, 0.1) is 0 Å². The molecule has 140 valence electrons. The number of aromatic nitrogens is 1. The van der Waals surface area contributed by atoms with Crippen molar-refractivity contribution in [1.82, 2.24) is 15.6 Å². The van der Waals surface area contributed by atoms with Crippen molar-refractivity contribution in [2.24, 2.45) is 4.99 Å². The van der Waals surface area contributed by atoms with Gasteiger partial charge in [0.15, 0.2) is 11.1 Å². The van der Waals surface area contributed by atoms with Gasteiger partial charge in [-0.3, -0.25) is 4.21 Å². The lowest BCUT2D eigenvalue weighted by Gasteiger charge is -2.18. The SMILES string of the molecule is CCNC(=NCc1csc(N(C)C)n1)NCCS(=O)C(C)(C)C.I. The molecule has 0 amide bonds. The lowest BCUT2D eigenvalue weighted by atomic mass is 10.3. The summed E-state index contributed by atoms with van der Waals surface area (Å²) in [5.41, 5.74) is 0.953. The molecule has 1 atom stereocenters. The number of aliphatic imine (C=N–C) groups is 1. The average molecular weight is 487 g/mol. The zero-order valence-electron chi connectivity index (χ0n) is 15.4. The van der Waals surface area contributed by atoms with Crippen molar-refractivity contribution >= 4 is 57.2 Å². The Balaban J connectivity index is 0.00000529. The topological polar surface area (TPSA) is 69.6 Å². The van der Waals surface area contributed by atoms with Crippen LogP contribution < -0.4 is 15.5 Å². The fraction of sp³-hybridized carbons (Fsp3) is 0.733. The predicted octanol–water partition coefficient (Wildman–Crippen LogP) is 2.43. The van der Waals surface area contributed by atoms with Crippen molar-refractivity contribution in [3.8, 4) is 0 Å². The van der Waals surface area contributed by atoms with Crippen LogP contribution >= 0.6 is 35.3 Å². The molecule has 9 heteroatoms. The van der Waals surface area contributed by atoms with E-state index in [-0.39, 0.29) is 28.7 Å². The van der Waals surface area contributed by atoms with Crippen molar-refractivity contribution in [1.29, 1.82) is 0 Å². The van der Waals surface area contributed by atoms with E-state index in [2.05, 4.69) is 20.6 Å². The molecule has 1 heterocycles. The van der Waals surface area contributed by atoms with Gasteiger partial charge in [-0.15, -0.1) is 35.3 Å². The molecule has 1 rings (SSSR count). The van der Waals surface area contributed by atoms with Gasteiger partial charge in [-0.2, -0.15) is 0 Å². The molecule has 0 aliphatic heterocycles. The summed E-state index contributed by atoms with van der Waals surface area (Å²) in [6.45, 7) is 9.95. The van der Waals surface area contributed by atoms with Gasteiger partial charge in [0.2, 0.25) is 0 Å². The second-order valence-corrected chi connectivity index (χ2v) is 9.46. The Labute approximate surface area is 169 Å². The number of anilines is 1. The highest BCUT2D eigenvalue weighted by Gasteiger charge is 2.18. The first-order chi connectivity index (χ1) is 10.7. The highest BCUT2D eigenvalue weighted by Crippen LogP contribution is 2.18. The molecule has 2 N–H and O–H groups in total. The van der Waals surface area contributed by atoms with Crippen LogP contribution in [0.4, 0.5) is 5.13 Å². The van der Waals surface area contributed by atoms with Gasteiger partial charge in [0, 0.05) is 53.9 Å². The third-order valence-corrected chi connectivity index (χ3v) is 5.93. The summed E-state index contributed by atoms with van der Waals surface area (Å²) in [5, 5.41) is 9.44. The van der Waals surface area contributed by atoms with Gasteiger partial charge in [-0.05, 0) is 27.7 Å². The highest BCUT2D eigenvalue weighted by molar-refractivity contribution is 14.0. The minimum absolute atomic E-state index is 0. The van der Waals surface area contributed by atoms with Gasteiger partial charge in [0.05, 0.1) is 12.2 Å². The first-order valence-corrected chi connectivity index (χ1v) is 9.96. The van der Waals surface area contributed by atoms with Crippen LogP contribution in [-0.4, -0.2) is 52.8 Å². The molecule has 24 heavy (non-hydrogen) atoms. The van der Waals surface area contributed by atoms with Gasteiger partial charge in [0.25, 0.3) is 0 Å². The van der Waals surface area contributed by atoms with E-state index in [9.17, 15) is 4.21 Å². The molecule has 1 aromatic rings. The molecule has 1 unspecified atom stereocenters. The zero-order chi connectivity index (χ0) is 17.5. The summed E-state index contributed by atoms with van der Waals surface area (Å²) in [7, 11) is 3.10. The number of nitrogens with zero attached hydrogens (tertiary/aromatic N) is 3. The molecular weight excluding hydrogens is 457 g/mol. The summed E-state index contributed by atoms with van der Waals surface area (Å²) >= 11 is 1.61. The van der Waals surface area contributed by atoms with E-state index in [1.165, 1.54) is 0 Å².